The highest BCUT2D eigenvalue weighted by Crippen LogP contribution is 2.30. The van der Waals surface area contributed by atoms with Gasteiger partial charge in [0.05, 0.1) is 0 Å². The van der Waals surface area contributed by atoms with Crippen LogP contribution in [-0.4, -0.2) is 21.4 Å². The number of rotatable bonds is 3. The number of aromatic nitrogens is 3. The molecule has 0 saturated heterocycles. The van der Waals surface area contributed by atoms with Crippen molar-refractivity contribution in [2.24, 2.45) is 12.8 Å². The van der Waals surface area contributed by atoms with Gasteiger partial charge in [-0.05, 0) is 17.8 Å². The maximum absolute atomic E-state index is 5.57. The fraction of sp³-hybridized carbons (Fsp3) is 0.231. The monoisotopic (exact) mass is 242 g/mol. The van der Waals surface area contributed by atoms with Crippen LogP contribution >= 0.6 is 0 Å². The molecule has 5 heteroatoms. The Morgan fingerprint density at radius 2 is 2.11 bits per heavy atom. The predicted octanol–water partition coefficient (Wildman–Crippen LogP) is 1.73. The first-order chi connectivity index (χ1) is 8.81. The number of nitrogens with two attached hydrogens (primary N) is 1. The number of aryl methyl sites for hydroxylation is 1. The summed E-state index contributed by atoms with van der Waals surface area (Å²) in [4.78, 5) is 0. The minimum Gasteiger partial charge on any atom is -0.350 e. The lowest BCUT2D eigenvalue weighted by atomic mass is 10.1. The Morgan fingerprint density at radius 1 is 1.28 bits per heavy atom. The van der Waals surface area contributed by atoms with E-state index in [2.05, 4.69) is 27.0 Å². The first kappa shape index (κ1) is 11.0. The molecule has 0 atom stereocenters. The fourth-order valence-corrected chi connectivity index (χ4v) is 2.24. The van der Waals surface area contributed by atoms with Crippen molar-refractivity contribution in [2.75, 3.05) is 6.54 Å². The second-order valence-electron chi connectivity index (χ2n) is 4.27. The summed E-state index contributed by atoms with van der Waals surface area (Å²) in [5, 5.41) is 9.08. The lowest BCUT2D eigenvalue weighted by molar-refractivity contribution is 0.304. The molecule has 0 radical (unpaired) electrons. The van der Waals surface area contributed by atoms with Crippen molar-refractivity contribution in [2.45, 2.75) is 6.42 Å². The molecule has 0 bridgehead atoms. The average Bonchev–Trinajstić information content (AvgIpc) is 2.96. The Kier molecular flexibility index (Phi) is 2.60. The Hall–Kier alpha value is -2.14. The summed E-state index contributed by atoms with van der Waals surface area (Å²) < 4.78 is 6.92. The van der Waals surface area contributed by atoms with Crippen LogP contribution in [0.2, 0.25) is 0 Å². The molecule has 0 aliphatic rings. The lowest BCUT2D eigenvalue weighted by Crippen LogP contribution is -2.03. The molecule has 0 spiro atoms. The fourth-order valence-electron chi connectivity index (χ4n) is 2.24. The largest absolute Gasteiger partial charge is 0.350 e. The molecule has 0 fully saturated rings. The molecule has 2 aromatic heterocycles. The number of para-hydroxylation sites is 1. The SMILES string of the molecule is Cn1cc(-c2nonc2CCN)c2ccccc21. The molecule has 2 N–H and O–H groups in total. The highest BCUT2D eigenvalue weighted by molar-refractivity contribution is 5.95. The average molecular weight is 242 g/mol. The first-order valence-corrected chi connectivity index (χ1v) is 5.87. The van der Waals surface area contributed by atoms with Gasteiger partial charge in [0.25, 0.3) is 0 Å². The molecule has 2 heterocycles. The highest BCUT2D eigenvalue weighted by Gasteiger charge is 2.16. The Morgan fingerprint density at radius 3 is 2.94 bits per heavy atom. The zero-order chi connectivity index (χ0) is 12.5. The number of benzene rings is 1. The topological polar surface area (TPSA) is 69.9 Å². The van der Waals surface area contributed by atoms with Crippen molar-refractivity contribution in [3.63, 3.8) is 0 Å². The van der Waals surface area contributed by atoms with E-state index in [1.807, 2.05) is 25.4 Å². The molecule has 0 unspecified atom stereocenters. The van der Waals surface area contributed by atoms with Crippen molar-refractivity contribution >= 4 is 10.9 Å². The molecule has 92 valence electrons. The maximum Gasteiger partial charge on any atom is 0.140 e. The van der Waals surface area contributed by atoms with Crippen LogP contribution in [0, 0.1) is 0 Å². The second-order valence-corrected chi connectivity index (χ2v) is 4.27. The second kappa shape index (κ2) is 4.27. The van der Waals surface area contributed by atoms with Crippen molar-refractivity contribution in [3.05, 3.63) is 36.2 Å². The van der Waals surface area contributed by atoms with Gasteiger partial charge in [-0.25, -0.2) is 4.63 Å². The summed E-state index contributed by atoms with van der Waals surface area (Å²) in [6.45, 7) is 0.534. The zero-order valence-corrected chi connectivity index (χ0v) is 10.1. The first-order valence-electron chi connectivity index (χ1n) is 5.87. The van der Waals surface area contributed by atoms with Crippen molar-refractivity contribution in [1.82, 2.24) is 14.9 Å². The van der Waals surface area contributed by atoms with E-state index in [0.717, 1.165) is 27.9 Å². The summed E-state index contributed by atoms with van der Waals surface area (Å²) in [5.41, 5.74) is 9.37. The molecular formula is C13H14N4O. The summed E-state index contributed by atoms with van der Waals surface area (Å²) in [6.07, 6.45) is 2.71. The van der Waals surface area contributed by atoms with Crippen LogP contribution in [0.25, 0.3) is 22.2 Å². The summed E-state index contributed by atoms with van der Waals surface area (Å²) in [5.74, 6) is 0. The number of fused-ring (bicyclic) bond motifs is 1. The third-order valence-corrected chi connectivity index (χ3v) is 3.09. The van der Waals surface area contributed by atoms with Crippen LogP contribution in [0.5, 0.6) is 0 Å². The lowest BCUT2D eigenvalue weighted by Gasteiger charge is -1.96. The molecule has 1 aromatic carbocycles. The normalized spacial score (nSPS) is 11.2. The molecule has 0 saturated carbocycles. The maximum atomic E-state index is 5.57. The van der Waals surface area contributed by atoms with Gasteiger partial charge in [-0.2, -0.15) is 0 Å². The van der Waals surface area contributed by atoms with Crippen LogP contribution in [0.4, 0.5) is 0 Å². The minimum absolute atomic E-state index is 0.534. The van der Waals surface area contributed by atoms with Gasteiger partial charge in [-0.1, -0.05) is 23.4 Å². The molecule has 0 aliphatic carbocycles. The van der Waals surface area contributed by atoms with Crippen molar-refractivity contribution in [3.8, 4) is 11.3 Å². The Labute approximate surface area is 104 Å². The number of hydrogen-bond donors (Lipinski definition) is 1. The Balaban J connectivity index is 2.22. The number of nitrogens with zero attached hydrogens (tertiary/aromatic N) is 3. The van der Waals surface area contributed by atoms with E-state index in [1.165, 1.54) is 0 Å². The van der Waals surface area contributed by atoms with Gasteiger partial charge in [-0.3, -0.25) is 0 Å². The number of hydrogen-bond acceptors (Lipinski definition) is 4. The van der Waals surface area contributed by atoms with E-state index >= 15 is 0 Å². The summed E-state index contributed by atoms with van der Waals surface area (Å²) in [6, 6.07) is 8.19. The summed E-state index contributed by atoms with van der Waals surface area (Å²) >= 11 is 0. The van der Waals surface area contributed by atoms with Gasteiger partial charge >= 0.3 is 0 Å². The van der Waals surface area contributed by atoms with Gasteiger partial charge in [-0.15, -0.1) is 0 Å². The predicted molar refractivity (Wildman–Crippen MR) is 69.0 cm³/mol. The minimum atomic E-state index is 0.534. The molecule has 3 aromatic rings. The van der Waals surface area contributed by atoms with Crippen molar-refractivity contribution < 1.29 is 4.63 Å². The molecular weight excluding hydrogens is 228 g/mol. The third-order valence-electron chi connectivity index (χ3n) is 3.09. The van der Waals surface area contributed by atoms with Crippen molar-refractivity contribution in [1.29, 1.82) is 0 Å². The molecule has 0 amide bonds. The van der Waals surface area contributed by atoms with Crippen LogP contribution in [-0.2, 0) is 13.5 Å². The van der Waals surface area contributed by atoms with E-state index in [-0.39, 0.29) is 0 Å². The van der Waals surface area contributed by atoms with Crippen LogP contribution in [0.3, 0.4) is 0 Å². The van der Waals surface area contributed by atoms with Gasteiger partial charge in [0.1, 0.15) is 11.4 Å². The van der Waals surface area contributed by atoms with E-state index in [4.69, 9.17) is 10.4 Å². The van der Waals surface area contributed by atoms with E-state index < -0.39 is 0 Å². The molecule has 0 aliphatic heterocycles. The molecule has 3 rings (SSSR count). The highest BCUT2D eigenvalue weighted by atomic mass is 16.6. The standard InChI is InChI=1S/C13H14N4O/c1-17-8-10(9-4-2-3-5-12(9)17)13-11(6-7-14)15-18-16-13/h2-5,8H,6-7,14H2,1H3. The zero-order valence-electron chi connectivity index (χ0n) is 10.1. The van der Waals surface area contributed by atoms with Gasteiger partial charge in [0.15, 0.2) is 0 Å². The van der Waals surface area contributed by atoms with E-state index in [9.17, 15) is 0 Å². The molecule has 18 heavy (non-hydrogen) atoms. The van der Waals surface area contributed by atoms with Gasteiger partial charge in [0, 0.05) is 36.1 Å². The molecule has 5 nitrogen and oxygen atoms in total. The quantitative estimate of drug-likeness (QED) is 0.759. The van der Waals surface area contributed by atoms with Gasteiger partial charge < -0.3 is 10.3 Å². The van der Waals surface area contributed by atoms with Crippen LogP contribution in [0.1, 0.15) is 5.69 Å². The van der Waals surface area contributed by atoms with Crippen LogP contribution < -0.4 is 5.73 Å². The van der Waals surface area contributed by atoms with Gasteiger partial charge in [0.2, 0.25) is 0 Å². The smallest absolute Gasteiger partial charge is 0.140 e. The summed E-state index contributed by atoms with van der Waals surface area (Å²) in [7, 11) is 2.02. The Bertz CT molecular complexity index is 683. The van der Waals surface area contributed by atoms with E-state index in [0.29, 0.717) is 13.0 Å². The van der Waals surface area contributed by atoms with E-state index in [1.54, 1.807) is 0 Å². The van der Waals surface area contributed by atoms with Crippen LogP contribution in [0.15, 0.2) is 35.1 Å². The third kappa shape index (κ3) is 1.60.